The molecule has 1 atom stereocenters. The fourth-order valence-electron chi connectivity index (χ4n) is 1.76. The van der Waals surface area contributed by atoms with Crippen LogP contribution >= 0.6 is 77.4 Å². The van der Waals surface area contributed by atoms with E-state index in [1.807, 2.05) is 0 Å². The van der Waals surface area contributed by atoms with Crippen molar-refractivity contribution in [2.75, 3.05) is 6.61 Å². The summed E-state index contributed by atoms with van der Waals surface area (Å²) in [7, 11) is -3.87. The molecule has 2 aromatic rings. The number of benzene rings is 1. The van der Waals surface area contributed by atoms with Crippen LogP contribution in [0.15, 0.2) is 18.3 Å². The highest BCUT2D eigenvalue weighted by molar-refractivity contribution is 7.52. The van der Waals surface area contributed by atoms with Crippen LogP contribution in [0.25, 0.3) is 0 Å². The molecule has 0 bridgehead atoms. The minimum Gasteiger partial charge on any atom is -0.410 e. The Hall–Kier alpha value is 0.0600. The molecule has 142 valence electrons. The van der Waals surface area contributed by atoms with E-state index in [2.05, 4.69) is 10.1 Å². The lowest BCUT2D eigenvalue weighted by molar-refractivity contribution is 0.268. The van der Waals surface area contributed by atoms with Crippen molar-refractivity contribution in [3.8, 4) is 5.75 Å². The van der Waals surface area contributed by atoms with Crippen molar-refractivity contribution in [1.29, 1.82) is 0 Å². The lowest BCUT2D eigenvalue weighted by atomic mass is 10.3. The number of pyridine rings is 1. The fourth-order valence-corrected chi connectivity index (χ4v) is 4.52. The predicted octanol–water partition coefficient (Wildman–Crippen LogP) is 7.32. The zero-order chi connectivity index (χ0) is 19.5. The maximum atomic E-state index is 13.0. The van der Waals surface area contributed by atoms with Crippen LogP contribution in [0.5, 0.6) is 5.75 Å². The van der Waals surface area contributed by atoms with Gasteiger partial charge in [-0.05, 0) is 18.6 Å². The van der Waals surface area contributed by atoms with Gasteiger partial charge < -0.3 is 4.52 Å². The second-order valence-corrected chi connectivity index (χ2v) is 8.76. The normalized spacial score (nSPS) is 13.5. The van der Waals surface area contributed by atoms with Gasteiger partial charge in [-0.2, -0.15) is 0 Å². The Balaban J connectivity index is 2.30. The topological polar surface area (TPSA) is 60.5 Å². The third-order valence-electron chi connectivity index (χ3n) is 2.95. The molecule has 0 fully saturated rings. The first-order chi connectivity index (χ1) is 12.2. The van der Waals surface area contributed by atoms with E-state index in [1.165, 1.54) is 6.20 Å². The SMILES string of the molecule is CCOP(=O)(NCc1ccc(Cl)nc1)Oc1c(Cl)c(Cl)c(Cl)c(Cl)c1Cl. The minimum atomic E-state index is -3.87. The van der Waals surface area contributed by atoms with Crippen molar-refractivity contribution >= 4 is 77.4 Å². The van der Waals surface area contributed by atoms with Crippen LogP contribution in [-0.4, -0.2) is 11.6 Å². The molecule has 5 nitrogen and oxygen atoms in total. The lowest BCUT2D eigenvalue weighted by Gasteiger charge is -2.21. The molecule has 0 aliphatic carbocycles. The van der Waals surface area contributed by atoms with Gasteiger partial charge in [0.1, 0.15) is 15.2 Å². The van der Waals surface area contributed by atoms with E-state index >= 15 is 0 Å². The van der Waals surface area contributed by atoms with Crippen LogP contribution in [0.3, 0.4) is 0 Å². The number of halogens is 6. The third-order valence-corrected chi connectivity index (χ3v) is 6.98. The molecular weight excluding hydrogens is 488 g/mol. The Morgan fingerprint density at radius 3 is 2.08 bits per heavy atom. The first-order valence-electron chi connectivity index (χ1n) is 6.99. The van der Waals surface area contributed by atoms with Crippen LogP contribution in [0.4, 0.5) is 0 Å². The van der Waals surface area contributed by atoms with Crippen LogP contribution < -0.4 is 9.61 Å². The molecule has 1 aromatic carbocycles. The summed E-state index contributed by atoms with van der Waals surface area (Å²) in [6, 6.07) is 3.30. The van der Waals surface area contributed by atoms with Gasteiger partial charge >= 0.3 is 7.75 Å². The van der Waals surface area contributed by atoms with E-state index in [0.717, 1.165) is 0 Å². The highest BCUT2D eigenvalue weighted by Crippen LogP contribution is 2.54. The van der Waals surface area contributed by atoms with Gasteiger partial charge in [0, 0.05) is 12.7 Å². The van der Waals surface area contributed by atoms with E-state index in [-0.39, 0.29) is 44.0 Å². The van der Waals surface area contributed by atoms with E-state index in [1.54, 1.807) is 19.1 Å². The molecule has 0 spiro atoms. The number of nitrogens with one attached hydrogen (secondary N) is 1. The molecule has 12 heteroatoms. The quantitative estimate of drug-likeness (QED) is 0.187. The Morgan fingerprint density at radius 1 is 1.00 bits per heavy atom. The lowest BCUT2D eigenvalue weighted by Crippen LogP contribution is -2.17. The first-order valence-corrected chi connectivity index (χ1v) is 10.8. The molecule has 0 amide bonds. The van der Waals surface area contributed by atoms with Gasteiger partial charge in [-0.1, -0.05) is 75.7 Å². The second kappa shape index (κ2) is 9.51. The van der Waals surface area contributed by atoms with Crippen molar-refractivity contribution in [3.63, 3.8) is 0 Å². The van der Waals surface area contributed by atoms with Gasteiger partial charge in [0.15, 0.2) is 5.75 Å². The maximum Gasteiger partial charge on any atom is 0.459 e. The molecule has 26 heavy (non-hydrogen) atoms. The van der Waals surface area contributed by atoms with Gasteiger partial charge in [0.25, 0.3) is 0 Å². The molecule has 0 aliphatic rings. The summed E-state index contributed by atoms with van der Waals surface area (Å²) in [5, 5.41) is 2.54. The molecule has 1 heterocycles. The summed E-state index contributed by atoms with van der Waals surface area (Å²) in [6.07, 6.45) is 1.52. The highest BCUT2D eigenvalue weighted by atomic mass is 35.5. The zero-order valence-corrected chi connectivity index (χ0v) is 18.5. The van der Waals surface area contributed by atoms with E-state index in [4.69, 9.17) is 78.7 Å². The Kier molecular flexibility index (Phi) is 8.17. The largest absolute Gasteiger partial charge is 0.459 e. The van der Waals surface area contributed by atoms with Gasteiger partial charge in [-0.25, -0.2) is 14.6 Å². The summed E-state index contributed by atoms with van der Waals surface area (Å²) >= 11 is 35.9. The third kappa shape index (κ3) is 5.32. The van der Waals surface area contributed by atoms with Crippen molar-refractivity contribution in [2.45, 2.75) is 13.5 Å². The molecule has 0 radical (unpaired) electrons. The van der Waals surface area contributed by atoms with Gasteiger partial charge in [0.05, 0.1) is 21.7 Å². The molecule has 0 saturated carbocycles. The Labute approximate surface area is 180 Å². The molecule has 1 N–H and O–H groups in total. The van der Waals surface area contributed by atoms with Gasteiger partial charge in [-0.15, -0.1) is 0 Å². The molecule has 1 unspecified atom stereocenters. The number of hydrogen-bond acceptors (Lipinski definition) is 4. The van der Waals surface area contributed by atoms with Crippen molar-refractivity contribution in [2.24, 2.45) is 0 Å². The van der Waals surface area contributed by atoms with E-state index in [9.17, 15) is 4.57 Å². The minimum absolute atomic E-state index is 0.0397. The van der Waals surface area contributed by atoms with Crippen molar-refractivity contribution in [1.82, 2.24) is 10.1 Å². The zero-order valence-electron chi connectivity index (χ0n) is 13.0. The van der Waals surface area contributed by atoms with E-state index in [0.29, 0.717) is 10.7 Å². The summed E-state index contributed by atoms with van der Waals surface area (Å²) in [4.78, 5) is 3.93. The fraction of sp³-hybridized carbons (Fsp3) is 0.214. The molecule has 0 saturated heterocycles. The monoisotopic (exact) mass is 496 g/mol. The highest BCUT2D eigenvalue weighted by Gasteiger charge is 2.31. The van der Waals surface area contributed by atoms with Gasteiger partial charge in [-0.3, -0.25) is 4.52 Å². The number of hydrogen-bond donors (Lipinski definition) is 1. The predicted molar refractivity (Wildman–Crippen MR) is 107 cm³/mol. The van der Waals surface area contributed by atoms with Crippen molar-refractivity contribution < 1.29 is 13.6 Å². The average Bonchev–Trinajstić information content (AvgIpc) is 2.62. The molecule has 2 rings (SSSR count). The summed E-state index contributed by atoms with van der Waals surface area (Å²) in [6.45, 7) is 1.85. The van der Waals surface area contributed by atoms with Crippen LogP contribution in [-0.2, 0) is 15.6 Å². The summed E-state index contributed by atoms with van der Waals surface area (Å²) < 4.78 is 23.7. The maximum absolute atomic E-state index is 13.0. The summed E-state index contributed by atoms with van der Waals surface area (Å²) in [5.74, 6) is -0.203. The first kappa shape index (κ1) is 22.4. The average molecular weight is 499 g/mol. The molecule has 1 aromatic heterocycles. The molecular formula is C14H11Cl6N2O3P. The Morgan fingerprint density at radius 2 is 1.58 bits per heavy atom. The van der Waals surface area contributed by atoms with E-state index < -0.39 is 7.75 Å². The van der Waals surface area contributed by atoms with Crippen LogP contribution in [0, 0.1) is 0 Å². The summed E-state index contributed by atoms with van der Waals surface area (Å²) in [5.41, 5.74) is 0.697. The van der Waals surface area contributed by atoms with Crippen molar-refractivity contribution in [3.05, 3.63) is 54.2 Å². The number of nitrogens with zero attached hydrogens (tertiary/aromatic N) is 1. The Bertz CT molecular complexity index is 821. The standard InChI is InChI=1S/C14H11Cl6N2O3P/c1-2-24-26(23,22-6-7-3-4-8(15)21-5-7)25-14-12(19)10(17)9(16)11(18)13(14)20/h3-5H,2,6H2,1H3,(H,22,23). The smallest absolute Gasteiger partial charge is 0.410 e. The van der Waals surface area contributed by atoms with Crippen LogP contribution in [0.2, 0.25) is 30.3 Å². The second-order valence-electron chi connectivity index (χ2n) is 4.73. The number of rotatable bonds is 7. The van der Waals surface area contributed by atoms with Crippen LogP contribution in [0.1, 0.15) is 12.5 Å². The molecule has 0 aliphatic heterocycles. The number of aromatic nitrogens is 1. The van der Waals surface area contributed by atoms with Gasteiger partial charge in [0.2, 0.25) is 0 Å².